The van der Waals surface area contributed by atoms with Gasteiger partial charge in [-0.1, -0.05) is 12.1 Å². The number of carbonyl (C=O) groups is 1. The molecule has 1 aliphatic heterocycles. The van der Waals surface area contributed by atoms with Crippen LogP contribution in [0, 0.1) is 6.92 Å². The van der Waals surface area contributed by atoms with Gasteiger partial charge < -0.3 is 25.8 Å². The summed E-state index contributed by atoms with van der Waals surface area (Å²) in [6, 6.07) is 8.06. The zero-order valence-electron chi connectivity index (χ0n) is 20.3. The van der Waals surface area contributed by atoms with Crippen LogP contribution in [0.3, 0.4) is 0 Å². The first-order valence-electron chi connectivity index (χ1n) is 11.4. The fourth-order valence-electron chi connectivity index (χ4n) is 3.38. The molecule has 3 rings (SSSR count). The fourth-order valence-corrected chi connectivity index (χ4v) is 3.38. The molecule has 182 valence electrons. The van der Waals surface area contributed by atoms with Gasteiger partial charge >= 0.3 is 6.09 Å². The molecule has 0 aliphatic carbocycles. The molecule has 9 nitrogen and oxygen atoms in total. The minimum Gasteiger partial charge on any atom is -0.444 e. The number of ether oxygens (including phenoxy) is 2. The van der Waals surface area contributed by atoms with E-state index in [1.165, 1.54) is 6.20 Å². The van der Waals surface area contributed by atoms with Crippen molar-refractivity contribution in [2.45, 2.75) is 58.7 Å². The monoisotopic (exact) mass is 466 g/mol. The van der Waals surface area contributed by atoms with Gasteiger partial charge in [0.2, 0.25) is 5.95 Å². The van der Waals surface area contributed by atoms with E-state index in [1.807, 2.05) is 52.0 Å². The normalized spacial score (nSPS) is 15.4. The maximum Gasteiger partial charge on any atom is 0.407 e. The molecule has 0 bridgehead atoms. The van der Waals surface area contributed by atoms with Gasteiger partial charge in [-0.2, -0.15) is 0 Å². The van der Waals surface area contributed by atoms with E-state index in [1.54, 1.807) is 12.4 Å². The molecular weight excluding hydrogens is 432 g/mol. The second kappa shape index (κ2) is 11.6. The molecule has 1 aliphatic rings. The Bertz CT molecular complexity index is 1040. The number of nitrogens with zero attached hydrogens (tertiary/aromatic N) is 3. The SMILES string of the molecule is Cc1cc(-c2ccnc(N/C(C=NC3CCOCC3)=C/N)n2)ccc1CNC(=O)OC(C)(C)C. The third kappa shape index (κ3) is 7.84. The number of amides is 1. The van der Waals surface area contributed by atoms with E-state index >= 15 is 0 Å². The number of aliphatic imine (C=N–C) groups is 1. The summed E-state index contributed by atoms with van der Waals surface area (Å²) in [5.74, 6) is 0.431. The van der Waals surface area contributed by atoms with Crippen LogP contribution in [0.15, 0.2) is 47.4 Å². The maximum atomic E-state index is 11.9. The van der Waals surface area contributed by atoms with Crippen LogP contribution >= 0.6 is 0 Å². The summed E-state index contributed by atoms with van der Waals surface area (Å²) in [6.45, 7) is 9.36. The number of rotatable bonds is 7. The Morgan fingerprint density at radius 3 is 2.74 bits per heavy atom. The lowest BCUT2D eigenvalue weighted by Crippen LogP contribution is -2.32. The average molecular weight is 467 g/mol. The summed E-state index contributed by atoms with van der Waals surface area (Å²) in [7, 11) is 0. The van der Waals surface area contributed by atoms with Crippen molar-refractivity contribution in [1.82, 2.24) is 15.3 Å². The number of aromatic nitrogens is 2. The number of anilines is 1. The summed E-state index contributed by atoms with van der Waals surface area (Å²) in [5.41, 5.74) is 9.61. The molecule has 0 saturated carbocycles. The lowest BCUT2D eigenvalue weighted by molar-refractivity contribution is 0.0523. The number of allylic oxidation sites excluding steroid dienone is 1. The van der Waals surface area contributed by atoms with E-state index in [-0.39, 0.29) is 6.04 Å². The zero-order valence-corrected chi connectivity index (χ0v) is 20.3. The van der Waals surface area contributed by atoms with E-state index in [9.17, 15) is 4.79 Å². The molecule has 1 saturated heterocycles. The van der Waals surface area contributed by atoms with Crippen molar-refractivity contribution in [3.8, 4) is 11.3 Å². The maximum absolute atomic E-state index is 11.9. The predicted octanol–water partition coefficient (Wildman–Crippen LogP) is 3.94. The highest BCUT2D eigenvalue weighted by Crippen LogP contribution is 2.22. The Balaban J connectivity index is 1.64. The molecule has 0 atom stereocenters. The second-order valence-corrected chi connectivity index (χ2v) is 9.13. The Labute approximate surface area is 200 Å². The van der Waals surface area contributed by atoms with Crippen LogP contribution in [-0.4, -0.2) is 47.1 Å². The summed E-state index contributed by atoms with van der Waals surface area (Å²) in [6.07, 6.45) is 6.25. The van der Waals surface area contributed by atoms with Crippen LogP contribution in [0.1, 0.15) is 44.7 Å². The molecule has 0 spiro atoms. The van der Waals surface area contributed by atoms with E-state index in [0.29, 0.717) is 18.2 Å². The quantitative estimate of drug-likeness (QED) is 0.528. The minimum absolute atomic E-state index is 0.240. The highest BCUT2D eigenvalue weighted by Gasteiger charge is 2.16. The van der Waals surface area contributed by atoms with Crippen LogP contribution in [-0.2, 0) is 16.0 Å². The first-order valence-corrected chi connectivity index (χ1v) is 11.4. The topological polar surface area (TPSA) is 124 Å². The predicted molar refractivity (Wildman–Crippen MR) is 134 cm³/mol. The third-order valence-electron chi connectivity index (χ3n) is 5.17. The number of carbonyl (C=O) groups excluding carboxylic acids is 1. The van der Waals surface area contributed by atoms with Gasteiger partial charge in [0.05, 0.1) is 17.4 Å². The number of hydrogen-bond donors (Lipinski definition) is 3. The lowest BCUT2D eigenvalue weighted by atomic mass is 10.0. The van der Waals surface area contributed by atoms with Gasteiger partial charge in [0.25, 0.3) is 0 Å². The van der Waals surface area contributed by atoms with Crippen molar-refractivity contribution < 1.29 is 14.3 Å². The molecule has 0 unspecified atom stereocenters. The Morgan fingerprint density at radius 2 is 2.06 bits per heavy atom. The molecule has 2 aromatic rings. The van der Waals surface area contributed by atoms with Gasteiger partial charge in [0, 0.05) is 43.9 Å². The number of aryl methyl sites for hydroxylation is 1. The number of hydrogen-bond acceptors (Lipinski definition) is 8. The summed E-state index contributed by atoms with van der Waals surface area (Å²) in [5, 5.41) is 5.92. The molecule has 1 aromatic carbocycles. The molecule has 1 fully saturated rings. The Morgan fingerprint density at radius 1 is 1.29 bits per heavy atom. The van der Waals surface area contributed by atoms with Crippen LogP contribution < -0.4 is 16.4 Å². The standard InChI is InChI=1S/C25H34N6O3/c1-17-13-18(5-6-19(17)15-29-24(32)34-25(2,3)4)22-7-10-27-23(31-22)30-21(14-26)16-28-20-8-11-33-12-9-20/h5-7,10,13-14,16,20H,8-9,11-12,15,26H2,1-4H3,(H,29,32)(H,27,30,31)/b21-14+,28-16?. The van der Waals surface area contributed by atoms with Crippen molar-refractivity contribution in [3.63, 3.8) is 0 Å². The molecule has 34 heavy (non-hydrogen) atoms. The van der Waals surface area contributed by atoms with Gasteiger partial charge in [-0.3, -0.25) is 4.99 Å². The van der Waals surface area contributed by atoms with E-state index in [0.717, 1.165) is 48.4 Å². The van der Waals surface area contributed by atoms with Crippen LogP contribution in [0.2, 0.25) is 0 Å². The molecular formula is C25H34N6O3. The van der Waals surface area contributed by atoms with E-state index < -0.39 is 11.7 Å². The van der Waals surface area contributed by atoms with Gasteiger partial charge in [-0.25, -0.2) is 14.8 Å². The molecule has 9 heteroatoms. The van der Waals surface area contributed by atoms with Crippen LogP contribution in [0.25, 0.3) is 11.3 Å². The van der Waals surface area contributed by atoms with Crippen LogP contribution in [0.4, 0.5) is 10.7 Å². The van der Waals surface area contributed by atoms with Gasteiger partial charge in [-0.05, 0) is 63.8 Å². The van der Waals surface area contributed by atoms with Gasteiger partial charge in [-0.15, -0.1) is 0 Å². The Hall–Kier alpha value is -3.46. The second-order valence-electron chi connectivity index (χ2n) is 9.13. The molecule has 0 radical (unpaired) electrons. The lowest BCUT2D eigenvalue weighted by Gasteiger charge is -2.20. The molecule has 1 amide bonds. The highest BCUT2D eigenvalue weighted by molar-refractivity contribution is 5.82. The zero-order chi connectivity index (χ0) is 24.6. The number of nitrogens with two attached hydrogens (primary N) is 1. The largest absolute Gasteiger partial charge is 0.444 e. The molecule has 2 heterocycles. The first-order chi connectivity index (χ1) is 16.2. The average Bonchev–Trinajstić information content (AvgIpc) is 2.80. The highest BCUT2D eigenvalue weighted by atomic mass is 16.6. The number of alkyl carbamates (subject to hydrolysis) is 1. The minimum atomic E-state index is -0.530. The van der Waals surface area contributed by atoms with E-state index in [2.05, 4.69) is 25.6 Å². The first kappa shape index (κ1) is 25.2. The summed E-state index contributed by atoms with van der Waals surface area (Å²) in [4.78, 5) is 25.4. The molecule has 1 aromatic heterocycles. The van der Waals surface area contributed by atoms with Crippen LogP contribution in [0.5, 0.6) is 0 Å². The summed E-state index contributed by atoms with van der Waals surface area (Å²) >= 11 is 0. The van der Waals surface area contributed by atoms with Crippen molar-refractivity contribution in [1.29, 1.82) is 0 Å². The number of nitrogens with one attached hydrogen (secondary N) is 2. The van der Waals surface area contributed by atoms with Crippen molar-refractivity contribution in [2.24, 2.45) is 10.7 Å². The third-order valence-corrected chi connectivity index (χ3v) is 5.17. The fraction of sp³-hybridized carbons (Fsp3) is 0.440. The van der Waals surface area contributed by atoms with Gasteiger partial charge in [0.15, 0.2) is 0 Å². The van der Waals surface area contributed by atoms with Gasteiger partial charge in [0.1, 0.15) is 5.60 Å². The van der Waals surface area contributed by atoms with Crippen molar-refractivity contribution in [3.05, 3.63) is 53.5 Å². The van der Waals surface area contributed by atoms with E-state index in [4.69, 9.17) is 15.2 Å². The van der Waals surface area contributed by atoms with Crippen molar-refractivity contribution >= 4 is 18.3 Å². The number of benzene rings is 1. The summed E-state index contributed by atoms with van der Waals surface area (Å²) < 4.78 is 10.7. The molecule has 4 N–H and O–H groups in total. The van der Waals surface area contributed by atoms with Crippen molar-refractivity contribution in [2.75, 3.05) is 18.5 Å². The Kier molecular flexibility index (Phi) is 8.59. The smallest absolute Gasteiger partial charge is 0.407 e.